The van der Waals surface area contributed by atoms with Crippen LogP contribution in [0, 0.1) is 0 Å². The maximum Gasteiger partial charge on any atom is 0.240 e. The lowest BCUT2D eigenvalue weighted by Crippen LogP contribution is -2.41. The summed E-state index contributed by atoms with van der Waals surface area (Å²) in [5.74, 6) is -0.338. The van der Waals surface area contributed by atoms with Crippen molar-refractivity contribution in [3.8, 4) is 0 Å². The van der Waals surface area contributed by atoms with E-state index in [0.717, 1.165) is 21.7 Å². The van der Waals surface area contributed by atoms with E-state index >= 15 is 0 Å². The Labute approximate surface area is 160 Å². The summed E-state index contributed by atoms with van der Waals surface area (Å²) in [4.78, 5) is 12.3. The fraction of sp³-hybridized carbons (Fsp3) is 0.316. The van der Waals surface area contributed by atoms with Crippen LogP contribution >= 0.6 is 11.6 Å². The number of carbonyl (C=O) groups excluding carboxylic acids is 1. The maximum atomic E-state index is 12.3. The number of hydrogen-bond donors (Lipinski definition) is 1. The lowest BCUT2D eigenvalue weighted by atomic mass is 10.1. The van der Waals surface area contributed by atoms with E-state index in [-0.39, 0.29) is 12.5 Å². The van der Waals surface area contributed by atoms with Gasteiger partial charge in [-0.25, -0.2) is 8.42 Å². The molecule has 0 aliphatic rings. The van der Waals surface area contributed by atoms with Crippen LogP contribution < -0.4 is 9.62 Å². The van der Waals surface area contributed by atoms with Crippen molar-refractivity contribution in [2.75, 3.05) is 23.7 Å². The van der Waals surface area contributed by atoms with Crippen LogP contribution in [0.15, 0.2) is 48.5 Å². The summed E-state index contributed by atoms with van der Waals surface area (Å²) in [6.07, 6.45) is 2.44. The summed E-state index contributed by atoms with van der Waals surface area (Å²) in [6.45, 7) is 2.13. The molecule has 0 fully saturated rings. The number of sulfonamides is 1. The number of nitrogens with one attached hydrogen (secondary N) is 1. The second-order valence-electron chi connectivity index (χ2n) is 5.98. The van der Waals surface area contributed by atoms with Gasteiger partial charge in [0.05, 0.1) is 11.9 Å². The van der Waals surface area contributed by atoms with E-state index in [1.807, 2.05) is 31.2 Å². The number of benzene rings is 2. The number of amides is 1. The number of anilines is 1. The van der Waals surface area contributed by atoms with Gasteiger partial charge in [0, 0.05) is 11.6 Å². The standard InChI is InChI=1S/C19H23ClN2O3S/c1-3-16-6-4-5-7-18(16)22(26(2,24)25)14-19(23)21-13-12-15-8-10-17(20)11-9-15/h4-11H,3,12-14H2,1-2H3,(H,21,23). The lowest BCUT2D eigenvalue weighted by Gasteiger charge is -2.24. The molecule has 2 rings (SSSR count). The minimum atomic E-state index is -3.57. The van der Waals surface area contributed by atoms with Crippen molar-refractivity contribution in [2.24, 2.45) is 0 Å². The zero-order valence-electron chi connectivity index (χ0n) is 14.9. The molecule has 0 saturated carbocycles. The molecule has 140 valence electrons. The molecule has 0 heterocycles. The minimum absolute atomic E-state index is 0.240. The van der Waals surface area contributed by atoms with E-state index in [9.17, 15) is 13.2 Å². The van der Waals surface area contributed by atoms with Crippen LogP contribution in [0.1, 0.15) is 18.1 Å². The number of para-hydroxylation sites is 1. The van der Waals surface area contributed by atoms with Gasteiger partial charge in [-0.15, -0.1) is 0 Å². The van der Waals surface area contributed by atoms with Crippen LogP contribution in [0.5, 0.6) is 0 Å². The largest absolute Gasteiger partial charge is 0.354 e. The number of halogens is 1. The van der Waals surface area contributed by atoms with Gasteiger partial charge in [0.1, 0.15) is 6.54 Å². The van der Waals surface area contributed by atoms with Gasteiger partial charge < -0.3 is 5.32 Å². The van der Waals surface area contributed by atoms with Gasteiger partial charge in [0.15, 0.2) is 0 Å². The summed E-state index contributed by atoms with van der Waals surface area (Å²) in [5.41, 5.74) is 2.48. The maximum absolute atomic E-state index is 12.3. The van der Waals surface area contributed by atoms with Gasteiger partial charge in [-0.1, -0.05) is 48.9 Å². The highest BCUT2D eigenvalue weighted by molar-refractivity contribution is 7.92. The molecule has 1 amide bonds. The van der Waals surface area contributed by atoms with E-state index < -0.39 is 10.0 Å². The van der Waals surface area contributed by atoms with Crippen LogP contribution in [0.2, 0.25) is 5.02 Å². The van der Waals surface area contributed by atoms with E-state index in [0.29, 0.717) is 30.1 Å². The first kappa shape index (κ1) is 20.3. The summed E-state index contributed by atoms with van der Waals surface area (Å²) in [6, 6.07) is 14.6. The Bertz CT molecular complexity index is 851. The average Bonchev–Trinajstić information content (AvgIpc) is 2.60. The predicted molar refractivity (Wildman–Crippen MR) is 106 cm³/mol. The lowest BCUT2D eigenvalue weighted by molar-refractivity contribution is -0.119. The Morgan fingerprint density at radius 1 is 1.12 bits per heavy atom. The molecule has 0 aromatic heterocycles. The number of hydrogen-bond acceptors (Lipinski definition) is 3. The van der Waals surface area contributed by atoms with Crippen LogP contribution in [0.3, 0.4) is 0 Å². The van der Waals surface area contributed by atoms with Crippen molar-refractivity contribution in [3.05, 3.63) is 64.7 Å². The van der Waals surface area contributed by atoms with E-state index in [4.69, 9.17) is 11.6 Å². The third-order valence-electron chi connectivity index (χ3n) is 3.98. The molecule has 0 saturated heterocycles. The first-order valence-electron chi connectivity index (χ1n) is 8.38. The fourth-order valence-electron chi connectivity index (χ4n) is 2.62. The molecule has 26 heavy (non-hydrogen) atoms. The van der Waals surface area contributed by atoms with E-state index in [2.05, 4.69) is 5.32 Å². The van der Waals surface area contributed by atoms with E-state index in [1.54, 1.807) is 24.3 Å². The highest BCUT2D eigenvalue weighted by Crippen LogP contribution is 2.23. The fourth-order valence-corrected chi connectivity index (χ4v) is 3.63. The van der Waals surface area contributed by atoms with Crippen molar-refractivity contribution < 1.29 is 13.2 Å². The van der Waals surface area contributed by atoms with Gasteiger partial charge in [-0.2, -0.15) is 0 Å². The van der Waals surface area contributed by atoms with Gasteiger partial charge in [0.2, 0.25) is 15.9 Å². The molecule has 7 heteroatoms. The average molecular weight is 395 g/mol. The molecule has 0 bridgehead atoms. The highest BCUT2D eigenvalue weighted by Gasteiger charge is 2.22. The molecule has 2 aromatic carbocycles. The Balaban J connectivity index is 2.02. The molecule has 0 aliphatic heterocycles. The van der Waals surface area contributed by atoms with Crippen LogP contribution in [0.4, 0.5) is 5.69 Å². The molecule has 0 spiro atoms. The van der Waals surface area contributed by atoms with Crippen LogP contribution in [0.25, 0.3) is 0 Å². The summed E-state index contributed by atoms with van der Waals surface area (Å²) in [5, 5.41) is 3.44. The molecule has 1 N–H and O–H groups in total. The third kappa shape index (κ3) is 5.75. The molecule has 2 aromatic rings. The summed E-state index contributed by atoms with van der Waals surface area (Å²) < 4.78 is 25.5. The quantitative estimate of drug-likeness (QED) is 0.748. The van der Waals surface area contributed by atoms with Crippen molar-refractivity contribution in [2.45, 2.75) is 19.8 Å². The number of aryl methyl sites for hydroxylation is 1. The Morgan fingerprint density at radius 3 is 2.38 bits per heavy atom. The second kappa shape index (κ2) is 9.05. The Morgan fingerprint density at radius 2 is 1.77 bits per heavy atom. The normalized spacial score (nSPS) is 11.2. The SMILES string of the molecule is CCc1ccccc1N(CC(=O)NCCc1ccc(Cl)cc1)S(C)(=O)=O. The van der Waals surface area contributed by atoms with Crippen molar-refractivity contribution in [3.63, 3.8) is 0 Å². The van der Waals surface area contributed by atoms with Gasteiger partial charge >= 0.3 is 0 Å². The van der Waals surface area contributed by atoms with E-state index in [1.165, 1.54) is 0 Å². The van der Waals surface area contributed by atoms with Crippen LogP contribution in [-0.4, -0.2) is 33.7 Å². The van der Waals surface area contributed by atoms with Gasteiger partial charge in [-0.3, -0.25) is 9.10 Å². The molecule has 5 nitrogen and oxygen atoms in total. The van der Waals surface area contributed by atoms with Crippen molar-refractivity contribution in [1.82, 2.24) is 5.32 Å². The van der Waals surface area contributed by atoms with Gasteiger partial charge in [0.25, 0.3) is 0 Å². The second-order valence-corrected chi connectivity index (χ2v) is 8.32. The van der Waals surface area contributed by atoms with Crippen molar-refractivity contribution >= 4 is 33.2 Å². The van der Waals surface area contributed by atoms with Gasteiger partial charge in [-0.05, 0) is 42.2 Å². The first-order chi connectivity index (χ1) is 12.3. The molecular weight excluding hydrogens is 372 g/mol. The topological polar surface area (TPSA) is 66.5 Å². The third-order valence-corrected chi connectivity index (χ3v) is 5.36. The minimum Gasteiger partial charge on any atom is -0.354 e. The Kier molecular flexibility index (Phi) is 7.06. The molecule has 0 unspecified atom stereocenters. The first-order valence-corrected chi connectivity index (χ1v) is 10.6. The molecule has 0 radical (unpaired) electrons. The molecule has 0 aliphatic carbocycles. The summed E-state index contributed by atoms with van der Waals surface area (Å²) >= 11 is 5.85. The smallest absolute Gasteiger partial charge is 0.240 e. The monoisotopic (exact) mass is 394 g/mol. The summed E-state index contributed by atoms with van der Waals surface area (Å²) in [7, 11) is -3.57. The Hall–Kier alpha value is -2.05. The predicted octanol–water partition coefficient (Wildman–Crippen LogP) is 3.03. The molecule has 0 atom stereocenters. The number of carbonyl (C=O) groups is 1. The zero-order valence-corrected chi connectivity index (χ0v) is 16.5. The van der Waals surface area contributed by atoms with Crippen LogP contribution in [-0.2, 0) is 27.7 Å². The van der Waals surface area contributed by atoms with Crippen molar-refractivity contribution in [1.29, 1.82) is 0 Å². The number of rotatable bonds is 8. The number of nitrogens with zero attached hydrogens (tertiary/aromatic N) is 1. The molecular formula is C19H23ClN2O3S. The highest BCUT2D eigenvalue weighted by atomic mass is 35.5. The zero-order chi connectivity index (χ0) is 19.2.